The van der Waals surface area contributed by atoms with E-state index in [9.17, 15) is 23.2 Å². The van der Waals surface area contributed by atoms with Gasteiger partial charge in [-0.1, -0.05) is 30.0 Å². The molecule has 10 heteroatoms. The van der Waals surface area contributed by atoms with Gasteiger partial charge in [0.2, 0.25) is 0 Å². The smallest absolute Gasteiger partial charge is 0.383 e. The molecule has 2 heterocycles. The summed E-state index contributed by atoms with van der Waals surface area (Å²) in [6.45, 7) is 4.99. The van der Waals surface area contributed by atoms with Gasteiger partial charge in [0.15, 0.2) is 0 Å². The molecule has 0 atom stereocenters. The van der Waals surface area contributed by atoms with Crippen molar-refractivity contribution in [3.63, 3.8) is 0 Å². The molecule has 1 saturated heterocycles. The van der Waals surface area contributed by atoms with E-state index in [4.69, 9.17) is 5.73 Å². The Hall–Kier alpha value is -4.90. The number of aromatic nitrogens is 1. The van der Waals surface area contributed by atoms with E-state index in [0.29, 0.717) is 35.2 Å². The fourth-order valence-corrected chi connectivity index (χ4v) is 4.96. The van der Waals surface area contributed by atoms with Crippen LogP contribution in [0.4, 0.5) is 24.7 Å². The number of aryl methyl sites for hydroxylation is 1. The van der Waals surface area contributed by atoms with Crippen LogP contribution in [0.15, 0.2) is 60.8 Å². The largest absolute Gasteiger partial charge is 0.416 e. The molecule has 4 aromatic rings. The number of carbonyl (C=O) groups is 1. The Bertz CT molecular complexity index is 1810. The van der Waals surface area contributed by atoms with Gasteiger partial charge >= 0.3 is 6.18 Å². The van der Waals surface area contributed by atoms with Crippen molar-refractivity contribution < 1.29 is 18.0 Å². The summed E-state index contributed by atoms with van der Waals surface area (Å²) in [6, 6.07) is 16.1. The van der Waals surface area contributed by atoms with Crippen molar-refractivity contribution in [2.75, 3.05) is 44.3 Å². The van der Waals surface area contributed by atoms with Gasteiger partial charge in [0, 0.05) is 66.5 Å². The molecule has 0 saturated carbocycles. The van der Waals surface area contributed by atoms with E-state index >= 15 is 0 Å². The van der Waals surface area contributed by atoms with Gasteiger partial charge < -0.3 is 16.0 Å². The van der Waals surface area contributed by atoms with Gasteiger partial charge in [-0.05, 0) is 61.5 Å². The Balaban J connectivity index is 1.39. The molecule has 1 fully saturated rings. The third kappa shape index (κ3) is 6.78. The molecule has 0 spiro atoms. The predicted octanol–water partition coefficient (Wildman–Crippen LogP) is 5.42. The number of nitrogens with two attached hydrogens (primary N) is 1. The number of piperazine rings is 1. The van der Waals surface area contributed by atoms with Gasteiger partial charge in [0.25, 0.3) is 5.91 Å². The number of fused-ring (bicyclic) bond motifs is 1. The van der Waals surface area contributed by atoms with E-state index < -0.39 is 17.6 Å². The topological polar surface area (TPSA) is 98.3 Å². The van der Waals surface area contributed by atoms with Crippen LogP contribution in [0, 0.1) is 30.1 Å². The Morgan fingerprint density at radius 2 is 1.81 bits per heavy atom. The SMILES string of the molecule is Cc1ccc(C(=O)Nc2ccc(CN3CCN(C)CC3)c(C(F)(F)F)c2)cc1C#Cc1c(N)ncc2ccc(C#N)cc12. The van der Waals surface area contributed by atoms with Crippen LogP contribution < -0.4 is 11.1 Å². The van der Waals surface area contributed by atoms with Crippen molar-refractivity contribution in [1.29, 1.82) is 5.26 Å². The number of nitriles is 1. The summed E-state index contributed by atoms with van der Waals surface area (Å²) in [6.07, 6.45) is -2.96. The summed E-state index contributed by atoms with van der Waals surface area (Å²) < 4.78 is 42.0. The zero-order chi connectivity index (χ0) is 30.7. The molecular weight excluding hydrogens is 553 g/mol. The van der Waals surface area contributed by atoms with Gasteiger partial charge in [-0.25, -0.2) is 4.98 Å². The van der Waals surface area contributed by atoms with Crippen molar-refractivity contribution in [2.45, 2.75) is 19.6 Å². The third-order valence-corrected chi connectivity index (χ3v) is 7.54. The van der Waals surface area contributed by atoms with E-state index in [0.717, 1.165) is 30.1 Å². The number of hydrogen-bond acceptors (Lipinski definition) is 6. The van der Waals surface area contributed by atoms with Crippen LogP contribution >= 0.6 is 0 Å². The highest BCUT2D eigenvalue weighted by Crippen LogP contribution is 2.35. The maximum absolute atomic E-state index is 14.0. The Labute approximate surface area is 247 Å². The molecule has 0 bridgehead atoms. The quantitative estimate of drug-likeness (QED) is 0.312. The molecule has 1 aliphatic rings. The standard InChI is InChI=1S/C33H29F3N6O/c1-21-3-5-24(16-23(21)8-10-28-29-15-22(18-37)4-6-25(29)19-39-31(28)38)32(43)40-27-9-7-26(30(17-27)33(34,35)36)20-42-13-11-41(2)12-14-42/h3-7,9,15-17,19H,11-14,20H2,1-2H3,(H2,38,39)(H,40,43). The number of hydrogen-bond donors (Lipinski definition) is 2. The lowest BCUT2D eigenvalue weighted by Crippen LogP contribution is -2.44. The van der Waals surface area contributed by atoms with Gasteiger partial charge in [0.1, 0.15) is 5.82 Å². The second kappa shape index (κ2) is 12.1. The van der Waals surface area contributed by atoms with Crippen molar-refractivity contribution in [3.8, 4) is 17.9 Å². The number of alkyl halides is 3. The highest BCUT2D eigenvalue weighted by atomic mass is 19.4. The maximum Gasteiger partial charge on any atom is 0.416 e. The Morgan fingerprint density at radius 1 is 1.05 bits per heavy atom. The molecule has 0 unspecified atom stereocenters. The first kappa shape index (κ1) is 29.6. The monoisotopic (exact) mass is 582 g/mol. The minimum Gasteiger partial charge on any atom is -0.383 e. The number of halogens is 3. The number of nitrogens with zero attached hydrogens (tertiary/aromatic N) is 4. The summed E-state index contributed by atoms with van der Waals surface area (Å²) in [5.74, 6) is 5.73. The third-order valence-electron chi connectivity index (χ3n) is 7.54. The highest BCUT2D eigenvalue weighted by Gasteiger charge is 2.34. The lowest BCUT2D eigenvalue weighted by Gasteiger charge is -2.33. The Morgan fingerprint density at radius 3 is 2.53 bits per heavy atom. The van der Waals surface area contributed by atoms with Crippen LogP contribution in [0.25, 0.3) is 10.8 Å². The second-order valence-corrected chi connectivity index (χ2v) is 10.6. The average Bonchev–Trinajstić information content (AvgIpc) is 2.98. The van der Waals surface area contributed by atoms with Gasteiger partial charge in [-0.15, -0.1) is 0 Å². The van der Waals surface area contributed by atoms with Crippen molar-refractivity contribution in [3.05, 3.63) is 99.7 Å². The fourth-order valence-electron chi connectivity index (χ4n) is 4.96. The molecule has 1 amide bonds. The first-order valence-corrected chi connectivity index (χ1v) is 13.6. The molecule has 5 rings (SSSR count). The van der Waals surface area contributed by atoms with E-state index in [2.05, 4.69) is 33.1 Å². The zero-order valence-corrected chi connectivity index (χ0v) is 23.7. The molecule has 1 aliphatic heterocycles. The molecule has 0 aliphatic carbocycles. The van der Waals surface area contributed by atoms with Crippen LogP contribution in [-0.4, -0.2) is 53.9 Å². The molecule has 7 nitrogen and oxygen atoms in total. The second-order valence-electron chi connectivity index (χ2n) is 10.6. The van der Waals surface area contributed by atoms with E-state index in [1.54, 1.807) is 42.6 Å². The molecule has 0 radical (unpaired) electrons. The van der Waals surface area contributed by atoms with E-state index in [1.165, 1.54) is 12.1 Å². The summed E-state index contributed by atoms with van der Waals surface area (Å²) in [4.78, 5) is 21.5. The minimum absolute atomic E-state index is 0.0514. The Kier molecular flexibility index (Phi) is 8.36. The summed E-state index contributed by atoms with van der Waals surface area (Å²) in [7, 11) is 1.99. The summed E-state index contributed by atoms with van der Waals surface area (Å²) >= 11 is 0. The van der Waals surface area contributed by atoms with Gasteiger partial charge in [0.05, 0.1) is 22.8 Å². The number of amides is 1. The van der Waals surface area contributed by atoms with Crippen LogP contribution in [0.5, 0.6) is 0 Å². The van der Waals surface area contributed by atoms with Crippen LogP contribution in [-0.2, 0) is 12.7 Å². The lowest BCUT2D eigenvalue weighted by molar-refractivity contribution is -0.138. The molecular formula is C33H29F3N6O. The van der Waals surface area contributed by atoms with Crippen molar-refractivity contribution in [1.82, 2.24) is 14.8 Å². The van der Waals surface area contributed by atoms with Gasteiger partial charge in [-0.3, -0.25) is 9.69 Å². The number of anilines is 2. The summed E-state index contributed by atoms with van der Waals surface area (Å²) in [5, 5.41) is 13.4. The molecule has 3 aromatic carbocycles. The number of benzene rings is 3. The number of nitrogens with one attached hydrogen (secondary N) is 1. The minimum atomic E-state index is -4.57. The molecule has 43 heavy (non-hydrogen) atoms. The maximum atomic E-state index is 14.0. The first-order valence-electron chi connectivity index (χ1n) is 13.6. The van der Waals surface area contributed by atoms with Crippen LogP contribution in [0.2, 0.25) is 0 Å². The van der Waals surface area contributed by atoms with Gasteiger partial charge in [-0.2, -0.15) is 18.4 Å². The number of carbonyl (C=O) groups excluding carboxylic acids is 1. The molecule has 3 N–H and O–H groups in total. The highest BCUT2D eigenvalue weighted by molar-refractivity contribution is 6.04. The molecule has 218 valence electrons. The van der Waals surface area contributed by atoms with Crippen molar-refractivity contribution in [2.24, 2.45) is 0 Å². The first-order chi connectivity index (χ1) is 20.5. The lowest BCUT2D eigenvalue weighted by atomic mass is 10.0. The van der Waals surface area contributed by atoms with Crippen molar-refractivity contribution >= 4 is 28.2 Å². The average molecular weight is 583 g/mol. The number of likely N-dealkylation sites (N-methyl/N-ethyl adjacent to an activating group) is 1. The normalized spacial score (nSPS) is 14.1. The number of nitrogen functional groups attached to an aromatic ring is 1. The van der Waals surface area contributed by atoms with Crippen LogP contribution in [0.3, 0.4) is 0 Å². The van der Waals surface area contributed by atoms with E-state index in [1.807, 2.05) is 18.9 Å². The predicted molar refractivity (Wildman–Crippen MR) is 160 cm³/mol. The summed E-state index contributed by atoms with van der Waals surface area (Å²) in [5.41, 5.74) is 8.06. The van der Waals surface area contributed by atoms with E-state index in [-0.39, 0.29) is 29.2 Å². The zero-order valence-electron chi connectivity index (χ0n) is 23.7. The van der Waals surface area contributed by atoms with Crippen LogP contribution in [0.1, 0.15) is 43.7 Å². The molecule has 1 aromatic heterocycles. The number of rotatable bonds is 4. The number of pyridine rings is 1. The fraction of sp³-hybridized carbons (Fsp3) is 0.242.